The third-order valence-electron chi connectivity index (χ3n) is 4.78. The summed E-state index contributed by atoms with van der Waals surface area (Å²) in [4.78, 5) is 13.9. The summed E-state index contributed by atoms with van der Waals surface area (Å²) in [7, 11) is 1.67. The molecule has 3 aromatic rings. The fraction of sp³-hybridized carbons (Fsp3) is 0.238. The van der Waals surface area contributed by atoms with E-state index in [1.54, 1.807) is 13.3 Å². The van der Waals surface area contributed by atoms with Gasteiger partial charge in [-0.15, -0.1) is 0 Å². The first-order valence-corrected chi connectivity index (χ1v) is 9.33. The van der Waals surface area contributed by atoms with Crippen molar-refractivity contribution in [1.29, 1.82) is 0 Å². The zero-order valence-corrected chi connectivity index (χ0v) is 15.9. The highest BCUT2D eigenvalue weighted by Crippen LogP contribution is 2.25. The van der Waals surface area contributed by atoms with Gasteiger partial charge in [0.2, 0.25) is 0 Å². The summed E-state index contributed by atoms with van der Waals surface area (Å²) in [6, 6.07) is 15.9. The van der Waals surface area contributed by atoms with E-state index < -0.39 is 0 Å². The van der Waals surface area contributed by atoms with Crippen LogP contribution in [-0.2, 0) is 0 Å². The lowest BCUT2D eigenvalue weighted by Gasteiger charge is -2.36. The summed E-state index contributed by atoms with van der Waals surface area (Å²) in [5.74, 6) is 1.72. The van der Waals surface area contributed by atoms with Crippen LogP contribution < -0.4 is 14.5 Å². The molecule has 0 unspecified atom stereocenters. The zero-order valence-electron chi connectivity index (χ0n) is 15.2. The van der Waals surface area contributed by atoms with Crippen LogP contribution in [-0.4, -0.2) is 43.3 Å². The molecular formula is C21H21ClN4O. The summed E-state index contributed by atoms with van der Waals surface area (Å²) in [6.45, 7) is 3.68. The molecule has 1 fully saturated rings. The molecular weight excluding hydrogens is 360 g/mol. The number of piperazine rings is 1. The third-order valence-corrected chi connectivity index (χ3v) is 5.03. The van der Waals surface area contributed by atoms with E-state index in [0.29, 0.717) is 0 Å². The minimum Gasteiger partial charge on any atom is -0.497 e. The van der Waals surface area contributed by atoms with Gasteiger partial charge in [0.1, 0.15) is 11.6 Å². The van der Waals surface area contributed by atoms with E-state index in [4.69, 9.17) is 21.3 Å². The highest BCUT2D eigenvalue weighted by Gasteiger charge is 2.19. The Morgan fingerprint density at radius 3 is 2.41 bits per heavy atom. The molecule has 4 rings (SSSR count). The molecule has 0 spiro atoms. The second-order valence-corrected chi connectivity index (χ2v) is 6.88. The van der Waals surface area contributed by atoms with E-state index in [-0.39, 0.29) is 0 Å². The number of methoxy groups -OCH3 is 1. The molecule has 6 heteroatoms. The molecule has 0 saturated carbocycles. The van der Waals surface area contributed by atoms with Gasteiger partial charge >= 0.3 is 0 Å². The van der Waals surface area contributed by atoms with Gasteiger partial charge in [-0.1, -0.05) is 23.7 Å². The number of ether oxygens (including phenoxy) is 1. The molecule has 1 saturated heterocycles. The van der Waals surface area contributed by atoms with E-state index in [2.05, 4.69) is 26.9 Å². The van der Waals surface area contributed by atoms with Gasteiger partial charge in [-0.25, -0.2) is 4.98 Å². The second-order valence-electron chi connectivity index (χ2n) is 6.44. The van der Waals surface area contributed by atoms with Gasteiger partial charge in [-0.3, -0.25) is 4.98 Å². The fourth-order valence-corrected chi connectivity index (χ4v) is 3.40. The normalized spacial score (nSPS) is 14.3. The van der Waals surface area contributed by atoms with E-state index >= 15 is 0 Å². The monoisotopic (exact) mass is 380 g/mol. The molecule has 0 radical (unpaired) electrons. The van der Waals surface area contributed by atoms with Crippen molar-refractivity contribution < 1.29 is 4.74 Å². The maximum Gasteiger partial charge on any atom is 0.147 e. The van der Waals surface area contributed by atoms with E-state index in [1.807, 2.05) is 42.6 Å². The third kappa shape index (κ3) is 3.98. The standard InChI is InChI=1S/C21H21ClN4O/c1-27-19-4-2-3-16(13-19)20-14-23-15-21(24-20)26-11-9-25(10-12-26)18-7-5-17(22)6-8-18/h2-8,13-15H,9-12H2,1H3. The van der Waals surface area contributed by atoms with Crippen molar-refractivity contribution in [3.63, 3.8) is 0 Å². The Hall–Kier alpha value is -2.79. The molecule has 0 atom stereocenters. The minimum atomic E-state index is 0.766. The lowest BCUT2D eigenvalue weighted by atomic mass is 10.1. The molecule has 0 N–H and O–H groups in total. The van der Waals surface area contributed by atoms with Crippen molar-refractivity contribution in [2.45, 2.75) is 0 Å². The topological polar surface area (TPSA) is 41.5 Å². The number of anilines is 2. The van der Waals surface area contributed by atoms with Gasteiger partial charge in [-0.2, -0.15) is 0 Å². The first kappa shape index (κ1) is 17.6. The highest BCUT2D eigenvalue weighted by atomic mass is 35.5. The van der Waals surface area contributed by atoms with Crippen molar-refractivity contribution in [3.05, 3.63) is 65.9 Å². The number of aromatic nitrogens is 2. The van der Waals surface area contributed by atoms with Crippen LogP contribution in [0.1, 0.15) is 0 Å². The van der Waals surface area contributed by atoms with Crippen LogP contribution in [0.5, 0.6) is 5.75 Å². The average Bonchev–Trinajstić information content (AvgIpc) is 2.74. The number of hydrogen-bond acceptors (Lipinski definition) is 5. The quantitative estimate of drug-likeness (QED) is 0.680. The molecule has 0 amide bonds. The van der Waals surface area contributed by atoms with Crippen LogP contribution in [0.2, 0.25) is 5.02 Å². The Morgan fingerprint density at radius 2 is 1.67 bits per heavy atom. The van der Waals surface area contributed by atoms with Crippen LogP contribution in [0.15, 0.2) is 60.9 Å². The second kappa shape index (κ2) is 7.84. The number of nitrogens with zero attached hydrogens (tertiary/aromatic N) is 4. The van der Waals surface area contributed by atoms with Crippen LogP contribution in [0, 0.1) is 0 Å². The molecule has 5 nitrogen and oxygen atoms in total. The van der Waals surface area contributed by atoms with Crippen LogP contribution in [0.3, 0.4) is 0 Å². The van der Waals surface area contributed by atoms with Gasteiger partial charge in [-0.05, 0) is 36.4 Å². The van der Waals surface area contributed by atoms with Crippen molar-refractivity contribution in [1.82, 2.24) is 9.97 Å². The zero-order chi connectivity index (χ0) is 18.6. The molecule has 0 aliphatic carbocycles. The van der Waals surface area contributed by atoms with Gasteiger partial charge in [0, 0.05) is 42.5 Å². The summed E-state index contributed by atoms with van der Waals surface area (Å²) < 4.78 is 5.31. The lowest BCUT2D eigenvalue weighted by Crippen LogP contribution is -2.46. The van der Waals surface area contributed by atoms with Crippen molar-refractivity contribution >= 4 is 23.1 Å². The number of rotatable bonds is 4. The first-order chi connectivity index (χ1) is 13.2. The molecule has 138 valence electrons. The van der Waals surface area contributed by atoms with Gasteiger partial charge in [0.25, 0.3) is 0 Å². The van der Waals surface area contributed by atoms with Crippen LogP contribution in [0.4, 0.5) is 11.5 Å². The Balaban J connectivity index is 1.48. The van der Waals surface area contributed by atoms with Crippen molar-refractivity contribution in [3.8, 4) is 17.0 Å². The van der Waals surface area contributed by atoms with Gasteiger partial charge < -0.3 is 14.5 Å². The maximum absolute atomic E-state index is 5.99. The Kier molecular flexibility index (Phi) is 5.12. The predicted octanol–water partition coefficient (Wildman–Crippen LogP) is 4.13. The molecule has 1 aliphatic rings. The molecule has 1 aliphatic heterocycles. The fourth-order valence-electron chi connectivity index (χ4n) is 3.28. The SMILES string of the molecule is COc1cccc(-c2cncc(N3CCN(c4ccc(Cl)cc4)CC3)n2)c1. The average molecular weight is 381 g/mol. The van der Waals surface area contributed by atoms with Crippen molar-refractivity contribution in [2.75, 3.05) is 43.1 Å². The Labute approximate surface area is 164 Å². The van der Waals surface area contributed by atoms with Gasteiger partial charge in [0.15, 0.2) is 0 Å². The van der Waals surface area contributed by atoms with E-state index in [0.717, 1.165) is 54.0 Å². The molecule has 2 aromatic carbocycles. The van der Waals surface area contributed by atoms with E-state index in [9.17, 15) is 0 Å². The summed E-state index contributed by atoms with van der Waals surface area (Å²) >= 11 is 5.99. The Morgan fingerprint density at radius 1 is 0.926 bits per heavy atom. The number of benzene rings is 2. The van der Waals surface area contributed by atoms with Crippen LogP contribution >= 0.6 is 11.6 Å². The smallest absolute Gasteiger partial charge is 0.147 e. The molecule has 0 bridgehead atoms. The predicted molar refractivity (Wildman–Crippen MR) is 110 cm³/mol. The van der Waals surface area contributed by atoms with Crippen molar-refractivity contribution in [2.24, 2.45) is 0 Å². The molecule has 2 heterocycles. The molecule has 1 aromatic heterocycles. The number of hydrogen-bond donors (Lipinski definition) is 0. The summed E-state index contributed by atoms with van der Waals surface area (Å²) in [6.07, 6.45) is 3.63. The maximum atomic E-state index is 5.99. The van der Waals surface area contributed by atoms with Gasteiger partial charge in [0.05, 0.1) is 25.2 Å². The van der Waals surface area contributed by atoms with Crippen LogP contribution in [0.25, 0.3) is 11.3 Å². The number of halogens is 1. The Bertz CT molecular complexity index is 908. The first-order valence-electron chi connectivity index (χ1n) is 8.95. The minimum absolute atomic E-state index is 0.766. The van der Waals surface area contributed by atoms with E-state index in [1.165, 1.54) is 5.69 Å². The largest absolute Gasteiger partial charge is 0.497 e. The highest BCUT2D eigenvalue weighted by molar-refractivity contribution is 6.30. The summed E-state index contributed by atoms with van der Waals surface area (Å²) in [5.41, 5.74) is 3.06. The molecule has 27 heavy (non-hydrogen) atoms. The summed E-state index contributed by atoms with van der Waals surface area (Å²) in [5, 5.41) is 0.766. The lowest BCUT2D eigenvalue weighted by molar-refractivity contribution is 0.415.